The maximum atomic E-state index is 12.3. The number of aromatic nitrogens is 4. The normalized spacial score (nSPS) is 36.4. The number of nitrogen functional groups attached to an aromatic ring is 1. The van der Waals surface area contributed by atoms with Gasteiger partial charge in [0.25, 0.3) is 5.56 Å². The van der Waals surface area contributed by atoms with Gasteiger partial charge in [-0.15, -0.1) is 0 Å². The second-order valence-corrected chi connectivity index (χ2v) is 11.3. The number of aliphatic hydroxyl groups is 5. The van der Waals surface area contributed by atoms with Crippen LogP contribution in [0, 0.1) is 0 Å². The van der Waals surface area contributed by atoms with E-state index in [1.807, 2.05) is 0 Å². The van der Waals surface area contributed by atoms with Crippen LogP contribution in [0.1, 0.15) is 6.23 Å². The first-order chi connectivity index (χ1) is 18.1. The number of phosphoric ester groups is 2. The van der Waals surface area contributed by atoms with E-state index in [9.17, 15) is 54.0 Å². The molecule has 2 aromatic rings. The van der Waals surface area contributed by atoms with E-state index in [2.05, 4.69) is 28.3 Å². The number of fused-ring (bicyclic) bond motifs is 1. The molecule has 2 aromatic heterocycles. The molecule has 2 saturated heterocycles. The highest BCUT2D eigenvalue weighted by atomic mass is 31.3. The van der Waals surface area contributed by atoms with Gasteiger partial charge in [0, 0.05) is 0 Å². The predicted molar refractivity (Wildman–Crippen MR) is 119 cm³/mol. The maximum Gasteiger partial charge on any atom is 0.483 e. The summed E-state index contributed by atoms with van der Waals surface area (Å²) >= 11 is 0. The van der Waals surface area contributed by atoms with Crippen molar-refractivity contribution >= 4 is 39.0 Å². The number of aliphatic hydroxyl groups excluding tert-OH is 5. The molecular weight excluding hydrogens is 580 g/mol. The number of aromatic amines is 1. The van der Waals surface area contributed by atoms with Gasteiger partial charge in [0.15, 0.2) is 30.0 Å². The highest BCUT2D eigenvalue weighted by Gasteiger charge is 2.49. The molecule has 0 radical (unpaired) electrons. The van der Waals surface area contributed by atoms with Gasteiger partial charge in [0.05, 0.1) is 12.9 Å². The summed E-state index contributed by atoms with van der Waals surface area (Å²) in [5.41, 5.74) is 4.52. The number of nitrogens with zero attached hydrogens (tertiary/aromatic N) is 3. The van der Waals surface area contributed by atoms with Gasteiger partial charge in [-0.3, -0.25) is 23.4 Å². The van der Waals surface area contributed by atoms with Crippen LogP contribution in [0.5, 0.6) is 0 Å². The third kappa shape index (κ3) is 6.11. The van der Waals surface area contributed by atoms with Crippen molar-refractivity contribution < 1.29 is 72.1 Å². The van der Waals surface area contributed by atoms with E-state index >= 15 is 0 Å². The van der Waals surface area contributed by atoms with Crippen molar-refractivity contribution in [1.29, 1.82) is 0 Å². The standard InChI is InChI=1S/C16H23N5O16P2/c17-16-19-12-6(13(28)20-16)18-3-21(12)14-10(26)8(24)5(34-14)2-33-38(29,30)37-39(31,32)36-15-11(27)9(25)7(23)4(1-22)35-15/h1,3-5,7-11,14-15,23-27H,2H2,(H,29,30)(H,31,32)(H3,17,19,20,28). The van der Waals surface area contributed by atoms with E-state index in [1.54, 1.807) is 0 Å². The number of hydrogen-bond acceptors (Lipinski definition) is 17. The lowest BCUT2D eigenvalue weighted by molar-refractivity contribution is -0.266. The number of nitrogens with two attached hydrogens (primary N) is 1. The molecule has 0 spiro atoms. The monoisotopic (exact) mass is 603 g/mol. The Hall–Kier alpha value is -2.20. The van der Waals surface area contributed by atoms with Crippen LogP contribution >= 0.6 is 15.6 Å². The Bertz CT molecular complexity index is 1370. The van der Waals surface area contributed by atoms with Crippen molar-refractivity contribution in [3.63, 3.8) is 0 Å². The molecule has 11 unspecified atom stereocenters. The first kappa shape index (κ1) is 29.8. The van der Waals surface area contributed by atoms with Gasteiger partial charge in [-0.1, -0.05) is 0 Å². The minimum atomic E-state index is -5.63. The van der Waals surface area contributed by atoms with E-state index in [-0.39, 0.29) is 23.4 Å². The lowest BCUT2D eigenvalue weighted by atomic mass is 10.00. The Morgan fingerprint density at radius 1 is 1.05 bits per heavy atom. The molecule has 0 aliphatic carbocycles. The smallest absolute Gasteiger partial charge is 0.387 e. The van der Waals surface area contributed by atoms with Crippen molar-refractivity contribution in [2.75, 3.05) is 12.3 Å². The average Bonchev–Trinajstić information content (AvgIpc) is 3.38. The number of anilines is 1. The van der Waals surface area contributed by atoms with Crippen LogP contribution in [-0.4, -0.2) is 117 Å². The lowest BCUT2D eigenvalue weighted by Gasteiger charge is -2.38. The number of carbonyl (C=O) groups is 1. The number of rotatable bonds is 9. The van der Waals surface area contributed by atoms with Gasteiger partial charge in [0.2, 0.25) is 5.95 Å². The fourth-order valence-electron chi connectivity index (χ4n) is 3.77. The molecule has 10 N–H and O–H groups in total. The summed E-state index contributed by atoms with van der Waals surface area (Å²) in [4.78, 5) is 52.5. The van der Waals surface area contributed by atoms with Crippen molar-refractivity contribution in [3.05, 3.63) is 16.7 Å². The zero-order valence-corrected chi connectivity index (χ0v) is 21.0. The second kappa shape index (κ2) is 11.0. The molecule has 4 rings (SSSR count). The van der Waals surface area contributed by atoms with Crippen molar-refractivity contribution in [1.82, 2.24) is 19.5 Å². The van der Waals surface area contributed by atoms with Crippen molar-refractivity contribution in [2.45, 2.75) is 55.2 Å². The van der Waals surface area contributed by atoms with Gasteiger partial charge in [-0.05, 0) is 0 Å². The number of phosphoric acid groups is 2. The van der Waals surface area contributed by atoms with E-state index < -0.39 is 83.1 Å². The topological polar surface area (TPSA) is 329 Å². The molecule has 2 fully saturated rings. The zero-order chi connectivity index (χ0) is 28.9. The van der Waals surface area contributed by atoms with E-state index in [4.69, 9.17) is 15.2 Å². The first-order valence-electron chi connectivity index (χ1n) is 10.7. The zero-order valence-electron chi connectivity index (χ0n) is 19.2. The molecule has 11 atom stereocenters. The quantitative estimate of drug-likeness (QED) is 0.0964. The minimum absolute atomic E-state index is 0.00355. The number of imidazole rings is 1. The highest BCUT2D eigenvalue weighted by Crippen LogP contribution is 2.61. The SMILES string of the molecule is Nc1nc2c(ncn2C2OC(COP(=O)(O)OP(=O)(O)OC3OC(C=O)C(O)C(O)C3O)C(O)C2O)c(=O)[nH]1. The molecule has 2 aliphatic heterocycles. The van der Waals surface area contributed by atoms with Gasteiger partial charge in [-0.25, -0.2) is 14.1 Å². The van der Waals surface area contributed by atoms with Crippen LogP contribution in [0.2, 0.25) is 0 Å². The van der Waals surface area contributed by atoms with Gasteiger partial charge >= 0.3 is 15.6 Å². The summed E-state index contributed by atoms with van der Waals surface area (Å²) in [6, 6.07) is 0. The highest BCUT2D eigenvalue weighted by molar-refractivity contribution is 7.61. The number of ether oxygens (including phenoxy) is 2. The van der Waals surface area contributed by atoms with Gasteiger partial charge in [-0.2, -0.15) is 9.29 Å². The number of nitrogens with one attached hydrogen (secondary N) is 1. The summed E-state index contributed by atoms with van der Waals surface area (Å²) in [5.74, 6) is -0.283. The van der Waals surface area contributed by atoms with E-state index in [0.717, 1.165) is 10.9 Å². The predicted octanol–water partition coefficient (Wildman–Crippen LogP) is -4.42. The number of hydrogen-bond donors (Lipinski definition) is 9. The largest absolute Gasteiger partial charge is 0.483 e. The van der Waals surface area contributed by atoms with Crippen LogP contribution in [0.3, 0.4) is 0 Å². The summed E-state index contributed by atoms with van der Waals surface area (Å²) in [6.07, 6.45) is -15.6. The van der Waals surface area contributed by atoms with E-state index in [0.29, 0.717) is 0 Å². The Balaban J connectivity index is 1.40. The maximum absolute atomic E-state index is 12.3. The molecule has 0 aromatic carbocycles. The molecule has 39 heavy (non-hydrogen) atoms. The third-order valence-corrected chi connectivity index (χ3v) is 8.25. The van der Waals surface area contributed by atoms with Crippen molar-refractivity contribution in [3.8, 4) is 0 Å². The second-order valence-electron chi connectivity index (χ2n) is 8.32. The minimum Gasteiger partial charge on any atom is -0.387 e. The summed E-state index contributed by atoms with van der Waals surface area (Å²) in [5, 5.41) is 49.9. The molecular formula is C16H23N5O16P2. The Labute approximate surface area is 215 Å². The Kier molecular flexibility index (Phi) is 8.39. The molecule has 0 bridgehead atoms. The molecule has 0 amide bonds. The first-order valence-corrected chi connectivity index (χ1v) is 13.7. The molecule has 218 valence electrons. The summed E-state index contributed by atoms with van der Waals surface area (Å²) in [6.45, 7) is -1.01. The Morgan fingerprint density at radius 2 is 1.74 bits per heavy atom. The molecule has 0 saturated carbocycles. The van der Waals surface area contributed by atoms with E-state index in [1.165, 1.54) is 0 Å². The molecule has 4 heterocycles. The van der Waals surface area contributed by atoms with Crippen LogP contribution in [-0.2, 0) is 36.8 Å². The Morgan fingerprint density at radius 3 is 2.41 bits per heavy atom. The third-order valence-electron chi connectivity index (χ3n) is 5.65. The average molecular weight is 603 g/mol. The molecule has 2 aliphatic rings. The fourth-order valence-corrected chi connectivity index (χ4v) is 5.93. The van der Waals surface area contributed by atoms with Gasteiger partial charge in [0.1, 0.15) is 42.7 Å². The molecule has 21 nitrogen and oxygen atoms in total. The lowest BCUT2D eigenvalue weighted by Crippen LogP contribution is -2.58. The summed E-state index contributed by atoms with van der Waals surface area (Å²) in [7, 11) is -11.1. The van der Waals surface area contributed by atoms with Crippen LogP contribution in [0.4, 0.5) is 5.95 Å². The van der Waals surface area contributed by atoms with Gasteiger partial charge < -0.3 is 55.3 Å². The van der Waals surface area contributed by atoms with Crippen LogP contribution < -0.4 is 11.3 Å². The van der Waals surface area contributed by atoms with Crippen LogP contribution in [0.15, 0.2) is 11.1 Å². The van der Waals surface area contributed by atoms with Crippen molar-refractivity contribution in [2.24, 2.45) is 0 Å². The fraction of sp³-hybridized carbons (Fsp3) is 0.625. The molecule has 23 heteroatoms. The number of aldehydes is 1. The number of carbonyl (C=O) groups excluding carboxylic acids is 1. The summed E-state index contributed by atoms with van der Waals surface area (Å²) < 4.78 is 48.8. The number of H-pyrrole nitrogens is 1. The van der Waals surface area contributed by atoms with Crippen LogP contribution in [0.25, 0.3) is 11.2 Å².